The number of hydrogen-bond acceptors (Lipinski definition) is 4. The summed E-state index contributed by atoms with van der Waals surface area (Å²) in [6.07, 6.45) is 3.83. The van der Waals surface area contributed by atoms with E-state index in [-0.39, 0.29) is 11.9 Å². The lowest BCUT2D eigenvalue weighted by atomic mass is 10.1. The number of carboxylic acids is 1. The summed E-state index contributed by atoms with van der Waals surface area (Å²) in [6.45, 7) is 0. The molecule has 19 heavy (non-hydrogen) atoms. The fourth-order valence-corrected chi connectivity index (χ4v) is 4.12. The standard InChI is InChI=1S/C13H11NO3S2/c15-12(11-6-10-9(19-11)3-4-18-10)14-8-2-1-7(5-8)13(16)17/h1-4,6-8H,5H2,(H,14,15)(H,16,17). The number of nitrogens with one attached hydrogen (secondary N) is 1. The van der Waals surface area contributed by atoms with Gasteiger partial charge in [0, 0.05) is 15.4 Å². The fraction of sp³-hybridized carbons (Fsp3) is 0.231. The highest BCUT2D eigenvalue weighted by Crippen LogP contribution is 2.30. The number of thiophene rings is 2. The topological polar surface area (TPSA) is 66.4 Å². The first-order valence-electron chi connectivity index (χ1n) is 5.82. The highest BCUT2D eigenvalue weighted by Gasteiger charge is 2.26. The van der Waals surface area contributed by atoms with Crippen molar-refractivity contribution in [2.75, 3.05) is 0 Å². The Bertz CT molecular complexity index is 642. The van der Waals surface area contributed by atoms with Gasteiger partial charge < -0.3 is 10.4 Å². The number of hydrogen-bond donors (Lipinski definition) is 2. The van der Waals surface area contributed by atoms with E-state index in [1.54, 1.807) is 23.5 Å². The van der Waals surface area contributed by atoms with Crippen LogP contribution in [-0.2, 0) is 4.79 Å². The second-order valence-corrected chi connectivity index (χ2v) is 6.44. The zero-order chi connectivity index (χ0) is 13.4. The van der Waals surface area contributed by atoms with Gasteiger partial charge in [-0.2, -0.15) is 0 Å². The molecule has 2 aromatic rings. The molecule has 4 nitrogen and oxygen atoms in total. The molecule has 1 amide bonds. The Kier molecular flexibility index (Phi) is 3.12. The molecule has 0 fully saturated rings. The third kappa shape index (κ3) is 2.41. The van der Waals surface area contributed by atoms with Gasteiger partial charge in [0.2, 0.25) is 0 Å². The minimum absolute atomic E-state index is 0.130. The van der Waals surface area contributed by atoms with Crippen LogP contribution in [0.2, 0.25) is 0 Å². The molecular weight excluding hydrogens is 282 g/mol. The molecule has 98 valence electrons. The molecule has 3 rings (SSSR count). The van der Waals surface area contributed by atoms with E-state index >= 15 is 0 Å². The Morgan fingerprint density at radius 3 is 2.84 bits per heavy atom. The highest BCUT2D eigenvalue weighted by molar-refractivity contribution is 7.27. The molecule has 0 saturated heterocycles. The smallest absolute Gasteiger partial charge is 0.310 e. The normalized spacial score (nSPS) is 21.9. The van der Waals surface area contributed by atoms with Crippen molar-refractivity contribution < 1.29 is 14.7 Å². The van der Waals surface area contributed by atoms with Crippen LogP contribution in [0, 0.1) is 5.92 Å². The zero-order valence-electron chi connectivity index (χ0n) is 9.83. The lowest BCUT2D eigenvalue weighted by Crippen LogP contribution is -2.32. The Balaban J connectivity index is 1.68. The lowest BCUT2D eigenvalue weighted by molar-refractivity contribution is -0.140. The van der Waals surface area contributed by atoms with E-state index in [1.165, 1.54) is 11.3 Å². The molecule has 2 N–H and O–H groups in total. The first kappa shape index (κ1) is 12.4. The largest absolute Gasteiger partial charge is 0.481 e. The molecule has 2 unspecified atom stereocenters. The minimum Gasteiger partial charge on any atom is -0.481 e. The Morgan fingerprint density at radius 1 is 1.32 bits per heavy atom. The van der Waals surface area contributed by atoms with Crippen molar-refractivity contribution in [1.82, 2.24) is 5.32 Å². The van der Waals surface area contributed by atoms with Gasteiger partial charge in [-0.25, -0.2) is 0 Å². The highest BCUT2D eigenvalue weighted by atomic mass is 32.1. The molecule has 2 aromatic heterocycles. The van der Waals surface area contributed by atoms with Gasteiger partial charge in [-0.05, 0) is 23.9 Å². The van der Waals surface area contributed by atoms with Crippen molar-refractivity contribution in [3.8, 4) is 0 Å². The second kappa shape index (κ2) is 4.79. The molecule has 2 atom stereocenters. The van der Waals surface area contributed by atoms with Gasteiger partial charge in [-0.1, -0.05) is 12.2 Å². The first-order chi connectivity index (χ1) is 9.13. The van der Waals surface area contributed by atoms with Crippen molar-refractivity contribution in [1.29, 1.82) is 0 Å². The molecule has 2 heterocycles. The van der Waals surface area contributed by atoms with Crippen LogP contribution in [0.3, 0.4) is 0 Å². The maximum absolute atomic E-state index is 12.1. The molecule has 0 aliphatic heterocycles. The Morgan fingerprint density at radius 2 is 2.16 bits per heavy atom. The van der Waals surface area contributed by atoms with Gasteiger partial charge >= 0.3 is 5.97 Å². The quantitative estimate of drug-likeness (QED) is 0.855. The summed E-state index contributed by atoms with van der Waals surface area (Å²) >= 11 is 3.07. The Hall–Kier alpha value is -1.66. The predicted molar refractivity (Wildman–Crippen MR) is 75.8 cm³/mol. The molecule has 1 aliphatic carbocycles. The number of fused-ring (bicyclic) bond motifs is 1. The monoisotopic (exact) mass is 293 g/mol. The van der Waals surface area contributed by atoms with Crippen molar-refractivity contribution in [3.63, 3.8) is 0 Å². The third-order valence-corrected chi connectivity index (χ3v) is 5.17. The molecular formula is C13H11NO3S2. The van der Waals surface area contributed by atoms with E-state index in [1.807, 2.05) is 17.5 Å². The van der Waals surface area contributed by atoms with Crippen LogP contribution in [0.5, 0.6) is 0 Å². The van der Waals surface area contributed by atoms with Gasteiger partial charge in [0.25, 0.3) is 5.91 Å². The van der Waals surface area contributed by atoms with E-state index < -0.39 is 11.9 Å². The Labute approximate surface area is 117 Å². The predicted octanol–water partition coefficient (Wildman–Crippen LogP) is 2.72. The van der Waals surface area contributed by atoms with E-state index in [9.17, 15) is 9.59 Å². The minimum atomic E-state index is -0.843. The summed E-state index contributed by atoms with van der Waals surface area (Å²) in [4.78, 5) is 23.6. The maximum Gasteiger partial charge on any atom is 0.310 e. The van der Waals surface area contributed by atoms with Crippen molar-refractivity contribution in [2.24, 2.45) is 5.92 Å². The van der Waals surface area contributed by atoms with Crippen LogP contribution < -0.4 is 5.32 Å². The van der Waals surface area contributed by atoms with E-state index in [0.717, 1.165) is 9.40 Å². The lowest BCUT2D eigenvalue weighted by Gasteiger charge is -2.10. The fourth-order valence-electron chi connectivity index (χ4n) is 2.11. The summed E-state index contributed by atoms with van der Waals surface area (Å²) in [5.74, 6) is -1.46. The van der Waals surface area contributed by atoms with Gasteiger partial charge in [0.05, 0.1) is 10.8 Å². The van der Waals surface area contributed by atoms with Gasteiger partial charge in [-0.3, -0.25) is 9.59 Å². The maximum atomic E-state index is 12.1. The third-order valence-electron chi connectivity index (χ3n) is 3.08. The number of rotatable bonds is 3. The molecule has 0 aromatic carbocycles. The average molecular weight is 293 g/mol. The average Bonchev–Trinajstić information content (AvgIpc) is 3.02. The SMILES string of the molecule is O=C(NC1C=CC(C(=O)O)C1)c1cc2sccc2s1. The molecule has 0 bridgehead atoms. The molecule has 0 saturated carbocycles. The molecule has 6 heteroatoms. The summed E-state index contributed by atoms with van der Waals surface area (Å²) < 4.78 is 2.22. The summed E-state index contributed by atoms with van der Waals surface area (Å²) in [5.41, 5.74) is 0. The van der Waals surface area contributed by atoms with E-state index in [4.69, 9.17) is 5.11 Å². The number of carbonyl (C=O) groups is 2. The van der Waals surface area contributed by atoms with Crippen LogP contribution in [-0.4, -0.2) is 23.0 Å². The molecule has 0 spiro atoms. The van der Waals surface area contributed by atoms with E-state index in [0.29, 0.717) is 11.3 Å². The van der Waals surface area contributed by atoms with Crippen LogP contribution in [0.15, 0.2) is 29.7 Å². The number of amides is 1. The van der Waals surface area contributed by atoms with Crippen LogP contribution >= 0.6 is 22.7 Å². The zero-order valence-corrected chi connectivity index (χ0v) is 11.5. The van der Waals surface area contributed by atoms with Crippen LogP contribution in [0.25, 0.3) is 9.40 Å². The van der Waals surface area contributed by atoms with Crippen molar-refractivity contribution in [3.05, 3.63) is 34.5 Å². The number of carboxylic acid groups (broad SMARTS) is 1. The number of carbonyl (C=O) groups excluding carboxylic acids is 1. The summed E-state index contributed by atoms with van der Waals surface area (Å²) in [5, 5.41) is 13.7. The summed E-state index contributed by atoms with van der Waals surface area (Å²) in [7, 11) is 0. The number of aliphatic carboxylic acids is 1. The second-order valence-electron chi connectivity index (χ2n) is 4.41. The van der Waals surface area contributed by atoms with Gasteiger partial charge in [0.1, 0.15) is 0 Å². The van der Waals surface area contributed by atoms with Gasteiger partial charge in [-0.15, -0.1) is 22.7 Å². The van der Waals surface area contributed by atoms with Crippen molar-refractivity contribution in [2.45, 2.75) is 12.5 Å². The van der Waals surface area contributed by atoms with Gasteiger partial charge in [0.15, 0.2) is 0 Å². The molecule has 1 aliphatic rings. The first-order valence-corrected chi connectivity index (χ1v) is 7.52. The van der Waals surface area contributed by atoms with Crippen LogP contribution in [0.4, 0.5) is 0 Å². The molecule has 0 radical (unpaired) electrons. The van der Waals surface area contributed by atoms with E-state index in [2.05, 4.69) is 5.32 Å². The summed E-state index contributed by atoms with van der Waals surface area (Å²) in [6, 6.07) is 3.69. The van der Waals surface area contributed by atoms with Crippen molar-refractivity contribution >= 4 is 43.9 Å². The van der Waals surface area contributed by atoms with Crippen LogP contribution in [0.1, 0.15) is 16.1 Å².